The zero-order valence-electron chi connectivity index (χ0n) is 22.5. The van der Waals surface area contributed by atoms with Crippen molar-refractivity contribution in [2.75, 3.05) is 6.61 Å². The van der Waals surface area contributed by atoms with Gasteiger partial charge in [-0.2, -0.15) is 0 Å². The molecule has 1 aliphatic rings. The third kappa shape index (κ3) is 7.59. The Balaban J connectivity index is 1.31. The van der Waals surface area contributed by atoms with Crippen molar-refractivity contribution in [3.8, 4) is 5.75 Å². The molecular weight excluding hydrogens is 622 g/mol. The molecule has 2 N–H and O–H groups in total. The summed E-state index contributed by atoms with van der Waals surface area (Å²) in [6, 6.07) is 20.4. The normalized spacial score (nSPS) is 22.6. The lowest BCUT2D eigenvalue weighted by molar-refractivity contribution is -0.234. The standard InChI is InChI=1S/C27H26N2O13P2/c30-22-13-14-29(26(32)28-22)25-23(31)24(41-27(33)39-19-10-2-1-3-11-19)21(40-25)15-38-44(36,37)42-43(34,35)16-18-9-6-8-17-7-4-5-12-20(17)18/h1-14,21,23-25,31H,15-16H2,(H,34,35)(H,36,37)(H,28,30,32)/p-2/t21-,23?,24+,25-/m1/s1. The van der Waals surface area contributed by atoms with Gasteiger partial charge < -0.3 is 38.2 Å². The van der Waals surface area contributed by atoms with E-state index in [1.165, 1.54) is 18.2 Å². The number of hydrogen-bond donors (Lipinski definition) is 2. The fourth-order valence-corrected chi connectivity index (χ4v) is 7.25. The minimum Gasteiger partial charge on any atom is -0.778 e. The van der Waals surface area contributed by atoms with Gasteiger partial charge in [0.1, 0.15) is 25.6 Å². The lowest BCUT2D eigenvalue weighted by Crippen LogP contribution is -2.40. The number of ether oxygens (including phenoxy) is 3. The van der Waals surface area contributed by atoms with Crippen LogP contribution in [0.5, 0.6) is 5.75 Å². The number of H-pyrrole nitrogens is 1. The van der Waals surface area contributed by atoms with Crippen molar-refractivity contribution >= 4 is 32.3 Å². The molecule has 0 bridgehead atoms. The van der Waals surface area contributed by atoms with E-state index in [1.807, 2.05) is 4.98 Å². The Bertz CT molecular complexity index is 1860. The molecule has 0 aliphatic carbocycles. The molecule has 0 spiro atoms. The molecule has 0 amide bonds. The van der Waals surface area contributed by atoms with E-state index in [2.05, 4.69) is 4.31 Å². The summed E-state index contributed by atoms with van der Waals surface area (Å²) in [6.07, 6.45) is -7.76. The highest BCUT2D eigenvalue weighted by atomic mass is 31.3. The van der Waals surface area contributed by atoms with Gasteiger partial charge in [0.05, 0.1) is 6.61 Å². The van der Waals surface area contributed by atoms with Gasteiger partial charge >= 0.3 is 11.8 Å². The van der Waals surface area contributed by atoms with Crippen LogP contribution in [0.1, 0.15) is 11.8 Å². The largest absolute Gasteiger partial charge is 0.778 e. The fraction of sp³-hybridized carbons (Fsp3) is 0.222. The second-order valence-electron chi connectivity index (χ2n) is 9.55. The number of para-hydroxylation sites is 1. The lowest BCUT2D eigenvalue weighted by atomic mass is 10.1. The van der Waals surface area contributed by atoms with Crippen molar-refractivity contribution in [1.82, 2.24) is 9.55 Å². The highest BCUT2D eigenvalue weighted by molar-refractivity contribution is 7.62. The van der Waals surface area contributed by atoms with Crippen molar-refractivity contribution in [2.24, 2.45) is 0 Å². The summed E-state index contributed by atoms with van der Waals surface area (Å²) in [5.74, 6) is 0.0851. The number of hydrogen-bond acceptors (Lipinski definition) is 13. The molecule has 17 heteroatoms. The third-order valence-electron chi connectivity index (χ3n) is 6.48. The molecule has 0 radical (unpaired) electrons. The Morgan fingerprint density at radius 3 is 2.43 bits per heavy atom. The van der Waals surface area contributed by atoms with Gasteiger partial charge in [0.2, 0.25) is 0 Å². The van der Waals surface area contributed by atoms with E-state index in [-0.39, 0.29) is 5.75 Å². The van der Waals surface area contributed by atoms with Gasteiger partial charge in [-0.1, -0.05) is 60.7 Å². The second-order valence-corrected chi connectivity index (χ2v) is 12.9. The maximum atomic E-state index is 12.7. The van der Waals surface area contributed by atoms with E-state index in [1.54, 1.807) is 54.6 Å². The zero-order chi connectivity index (χ0) is 31.5. The van der Waals surface area contributed by atoms with Crippen LogP contribution < -0.4 is 25.8 Å². The van der Waals surface area contributed by atoms with Crippen molar-refractivity contribution in [1.29, 1.82) is 0 Å². The molecular formula is C27H24N2O13P2-2. The number of fused-ring (bicyclic) bond motifs is 1. The summed E-state index contributed by atoms with van der Waals surface area (Å²) in [5, 5.41) is 12.2. The SMILES string of the molecule is O=C(Oc1ccccc1)O[C@@H]1C(O)[C@H](n2ccc(=O)[nH]c2=O)O[C@@H]1COP(=O)([O-])OP(=O)([O-])Cc1cccc2ccccc12. The van der Waals surface area contributed by atoms with E-state index in [4.69, 9.17) is 18.7 Å². The molecule has 15 nitrogen and oxygen atoms in total. The predicted molar refractivity (Wildman–Crippen MR) is 148 cm³/mol. The monoisotopic (exact) mass is 646 g/mol. The van der Waals surface area contributed by atoms with Crippen molar-refractivity contribution in [3.05, 3.63) is 111 Å². The lowest BCUT2D eigenvalue weighted by Gasteiger charge is -2.32. The second kappa shape index (κ2) is 13.0. The van der Waals surface area contributed by atoms with E-state index in [9.17, 15) is 38.4 Å². The summed E-state index contributed by atoms with van der Waals surface area (Å²) in [5.41, 5.74) is -1.44. The Labute approximate surface area is 248 Å². The van der Waals surface area contributed by atoms with Gasteiger partial charge in [0.15, 0.2) is 12.3 Å². The number of phosphoric acid groups is 1. The highest BCUT2D eigenvalue weighted by Crippen LogP contribution is 2.57. The molecule has 4 aromatic rings. The quantitative estimate of drug-likeness (QED) is 0.143. The molecule has 3 unspecified atom stereocenters. The molecule has 1 aliphatic heterocycles. The Kier molecular flexibility index (Phi) is 9.30. The molecule has 44 heavy (non-hydrogen) atoms. The minimum atomic E-state index is -5.58. The van der Waals surface area contributed by atoms with Crippen LogP contribution in [-0.4, -0.2) is 45.7 Å². The van der Waals surface area contributed by atoms with Gasteiger partial charge in [0.25, 0.3) is 13.4 Å². The smallest absolute Gasteiger partial charge is 0.514 e. The van der Waals surface area contributed by atoms with E-state index < -0.39 is 70.1 Å². The maximum absolute atomic E-state index is 12.7. The molecule has 6 atom stereocenters. The molecule has 5 rings (SSSR count). The van der Waals surface area contributed by atoms with Crippen LogP contribution in [-0.2, 0) is 33.6 Å². The molecule has 0 saturated carbocycles. The Hall–Kier alpha value is -3.91. The molecule has 3 aromatic carbocycles. The number of aliphatic hydroxyl groups excluding tert-OH is 1. The van der Waals surface area contributed by atoms with Crippen molar-refractivity contribution in [3.63, 3.8) is 0 Å². The van der Waals surface area contributed by atoms with Crippen LogP contribution in [0.2, 0.25) is 0 Å². The summed E-state index contributed by atoms with van der Waals surface area (Å²) in [6.45, 7) is -1.01. The molecule has 232 valence electrons. The number of phosphoric ester groups is 1. The van der Waals surface area contributed by atoms with E-state index in [0.717, 1.165) is 22.2 Å². The van der Waals surface area contributed by atoms with Gasteiger partial charge in [-0.3, -0.25) is 23.2 Å². The first-order valence-corrected chi connectivity index (χ1v) is 16.1. The van der Waals surface area contributed by atoms with Gasteiger partial charge in [0, 0.05) is 18.4 Å². The zero-order valence-corrected chi connectivity index (χ0v) is 24.3. The topological polar surface area (TPSA) is 219 Å². The number of carbonyl (C=O) groups excluding carboxylic acids is 1. The van der Waals surface area contributed by atoms with Crippen LogP contribution in [0.3, 0.4) is 0 Å². The average Bonchev–Trinajstić information content (AvgIpc) is 3.26. The number of carbonyl (C=O) groups is 1. The predicted octanol–water partition coefficient (Wildman–Crippen LogP) is 1.79. The number of nitrogens with one attached hydrogen (secondary N) is 1. The number of benzene rings is 3. The molecule has 1 fully saturated rings. The van der Waals surface area contributed by atoms with Gasteiger partial charge in [-0.05, 0) is 28.5 Å². The summed E-state index contributed by atoms with van der Waals surface area (Å²) in [7, 11) is -10.7. The van der Waals surface area contributed by atoms with Crippen LogP contribution in [0.15, 0.2) is 94.6 Å². The van der Waals surface area contributed by atoms with Crippen LogP contribution in [0.4, 0.5) is 4.79 Å². The van der Waals surface area contributed by atoms with Gasteiger partial charge in [-0.15, -0.1) is 0 Å². The Morgan fingerprint density at radius 2 is 1.68 bits per heavy atom. The first-order chi connectivity index (χ1) is 20.9. The van der Waals surface area contributed by atoms with Crippen LogP contribution >= 0.6 is 15.4 Å². The number of rotatable bonds is 10. The van der Waals surface area contributed by atoms with Crippen molar-refractivity contribution in [2.45, 2.75) is 30.7 Å². The summed E-state index contributed by atoms with van der Waals surface area (Å²) in [4.78, 5) is 63.6. The molecule has 1 aromatic heterocycles. The first-order valence-electron chi connectivity index (χ1n) is 12.9. The fourth-order valence-electron chi connectivity index (χ4n) is 4.59. The van der Waals surface area contributed by atoms with E-state index >= 15 is 0 Å². The average molecular weight is 646 g/mol. The number of aromatic amines is 1. The minimum absolute atomic E-state index is 0.0851. The van der Waals surface area contributed by atoms with E-state index in [0.29, 0.717) is 10.9 Å². The highest BCUT2D eigenvalue weighted by Gasteiger charge is 2.48. The van der Waals surface area contributed by atoms with Crippen molar-refractivity contribution < 1.29 is 51.9 Å². The molecule has 1 saturated heterocycles. The molecule has 2 heterocycles. The van der Waals surface area contributed by atoms with Crippen LogP contribution in [0.25, 0.3) is 10.8 Å². The summed E-state index contributed by atoms with van der Waals surface area (Å²) >= 11 is 0. The number of aliphatic hydroxyl groups is 1. The number of nitrogens with zero attached hydrogens (tertiary/aromatic N) is 1. The number of aromatic nitrogens is 2. The maximum Gasteiger partial charge on any atom is 0.514 e. The summed E-state index contributed by atoms with van der Waals surface area (Å²) < 4.78 is 51.1. The third-order valence-corrected chi connectivity index (χ3v) is 9.47. The van der Waals surface area contributed by atoms with Crippen LogP contribution in [0, 0.1) is 0 Å². The van der Waals surface area contributed by atoms with Gasteiger partial charge in [-0.25, -0.2) is 9.59 Å². The first kappa shape index (κ1) is 31.5. The Morgan fingerprint density at radius 1 is 0.977 bits per heavy atom.